The Balaban J connectivity index is 1.29. The van der Waals surface area contributed by atoms with Gasteiger partial charge in [0, 0.05) is 0 Å². The van der Waals surface area contributed by atoms with E-state index in [1.807, 2.05) is 41.5 Å². The van der Waals surface area contributed by atoms with Crippen molar-refractivity contribution in [2.75, 3.05) is 0 Å². The lowest BCUT2D eigenvalue weighted by atomic mass is 9.50. The molecule has 202 valence electrons. The van der Waals surface area contributed by atoms with Gasteiger partial charge < -0.3 is 4.74 Å². The molecule has 0 heterocycles. The normalized spacial score (nSPS) is 37.2. The van der Waals surface area contributed by atoms with Crippen LogP contribution < -0.4 is 0 Å². The average molecular weight is 503 g/mol. The van der Waals surface area contributed by atoms with E-state index in [1.165, 1.54) is 44.9 Å². The van der Waals surface area contributed by atoms with Crippen molar-refractivity contribution >= 4 is 5.97 Å². The van der Waals surface area contributed by atoms with E-state index >= 15 is 0 Å². The molecule has 5 rings (SSSR count). The SMILES string of the molecule is CC(C)[C@@H](C)C=C[C@@H](C)[C@H]1CC[C@H]2C3=C(CC[C@]12C)[C@@]1(C)CC[C@H](OC(=O)c2ccccc2)C[C@@H]1CC3. The van der Waals surface area contributed by atoms with Crippen LogP contribution in [-0.4, -0.2) is 12.1 Å². The van der Waals surface area contributed by atoms with Crippen molar-refractivity contribution in [3.8, 4) is 0 Å². The van der Waals surface area contributed by atoms with E-state index in [0.717, 1.165) is 24.7 Å². The first-order valence-corrected chi connectivity index (χ1v) is 15.3. The zero-order chi connectivity index (χ0) is 26.4. The second-order valence-electron chi connectivity index (χ2n) is 13.9. The summed E-state index contributed by atoms with van der Waals surface area (Å²) in [5.74, 6) is 4.12. The third-order valence-corrected chi connectivity index (χ3v) is 11.7. The van der Waals surface area contributed by atoms with Crippen LogP contribution in [0.25, 0.3) is 0 Å². The van der Waals surface area contributed by atoms with Crippen LogP contribution in [0.4, 0.5) is 0 Å². The van der Waals surface area contributed by atoms with E-state index in [9.17, 15) is 4.79 Å². The van der Waals surface area contributed by atoms with Crippen LogP contribution >= 0.6 is 0 Å². The maximum Gasteiger partial charge on any atom is 0.338 e. The first-order valence-electron chi connectivity index (χ1n) is 15.3. The maximum atomic E-state index is 12.7. The van der Waals surface area contributed by atoms with Gasteiger partial charge in [0.1, 0.15) is 6.10 Å². The largest absolute Gasteiger partial charge is 0.459 e. The van der Waals surface area contributed by atoms with Crippen LogP contribution in [0.2, 0.25) is 0 Å². The van der Waals surface area contributed by atoms with Crippen molar-refractivity contribution in [1.29, 1.82) is 0 Å². The molecule has 0 radical (unpaired) electrons. The van der Waals surface area contributed by atoms with E-state index in [0.29, 0.717) is 40.1 Å². The molecule has 0 N–H and O–H groups in total. The van der Waals surface area contributed by atoms with Crippen LogP contribution in [0.15, 0.2) is 53.6 Å². The van der Waals surface area contributed by atoms with Gasteiger partial charge in [0.15, 0.2) is 0 Å². The number of rotatable bonds is 6. The van der Waals surface area contributed by atoms with Gasteiger partial charge in [-0.15, -0.1) is 0 Å². The summed E-state index contributed by atoms with van der Waals surface area (Å²) in [6.45, 7) is 14.7. The highest BCUT2D eigenvalue weighted by Crippen LogP contribution is 2.66. The fourth-order valence-corrected chi connectivity index (χ4v) is 8.93. The zero-order valence-electron chi connectivity index (χ0n) is 24.3. The van der Waals surface area contributed by atoms with Crippen molar-refractivity contribution in [3.05, 3.63) is 59.2 Å². The number of fused-ring (bicyclic) bond motifs is 4. The van der Waals surface area contributed by atoms with Crippen molar-refractivity contribution in [3.63, 3.8) is 0 Å². The van der Waals surface area contributed by atoms with Gasteiger partial charge in [-0.25, -0.2) is 4.79 Å². The standard InChI is InChI=1S/C35H50O2/c1-23(2)24(3)12-13-25(4)30-16-17-31-29-15-14-27-22-28(37-33(36)26-10-8-7-9-11-26)18-20-34(27,5)32(29)19-21-35(30,31)6/h7-13,23-25,27-28,30-31H,14-22H2,1-6H3/t24-,25+,27-,28-,30+,31-,34-,35+/m0/s1. The number of esters is 1. The minimum Gasteiger partial charge on any atom is -0.459 e. The Morgan fingerprint density at radius 1 is 0.946 bits per heavy atom. The lowest BCUT2D eigenvalue weighted by Gasteiger charge is -2.55. The Morgan fingerprint density at radius 2 is 1.70 bits per heavy atom. The van der Waals surface area contributed by atoms with Crippen LogP contribution in [-0.2, 0) is 4.74 Å². The molecule has 0 bridgehead atoms. The Bertz CT molecular complexity index is 1030. The minimum absolute atomic E-state index is 0.0681. The van der Waals surface area contributed by atoms with Crippen LogP contribution in [0.1, 0.15) is 110 Å². The van der Waals surface area contributed by atoms with Gasteiger partial charge in [-0.1, -0.05) is 83.0 Å². The number of hydrogen-bond acceptors (Lipinski definition) is 2. The predicted octanol–water partition coefficient (Wildman–Crippen LogP) is 9.42. The molecular weight excluding hydrogens is 452 g/mol. The molecule has 2 heteroatoms. The summed E-state index contributed by atoms with van der Waals surface area (Å²) in [5, 5.41) is 0. The maximum absolute atomic E-state index is 12.7. The summed E-state index contributed by atoms with van der Waals surface area (Å²) < 4.78 is 6.03. The number of hydrogen-bond donors (Lipinski definition) is 0. The summed E-state index contributed by atoms with van der Waals surface area (Å²) in [7, 11) is 0. The smallest absolute Gasteiger partial charge is 0.338 e. The van der Waals surface area contributed by atoms with E-state index in [4.69, 9.17) is 4.74 Å². The van der Waals surface area contributed by atoms with Crippen LogP contribution in [0.5, 0.6) is 0 Å². The third-order valence-electron chi connectivity index (χ3n) is 11.7. The molecule has 2 fully saturated rings. The minimum atomic E-state index is -0.152. The van der Waals surface area contributed by atoms with Gasteiger partial charge in [0.2, 0.25) is 0 Å². The topological polar surface area (TPSA) is 26.3 Å². The molecule has 1 aromatic rings. The first-order chi connectivity index (χ1) is 17.6. The Hall–Kier alpha value is -1.83. The summed E-state index contributed by atoms with van der Waals surface area (Å²) in [6, 6.07) is 9.50. The van der Waals surface area contributed by atoms with E-state index < -0.39 is 0 Å². The van der Waals surface area contributed by atoms with Crippen molar-refractivity contribution in [2.24, 2.45) is 46.3 Å². The highest BCUT2D eigenvalue weighted by Gasteiger charge is 2.56. The number of allylic oxidation sites excluding steroid dienone is 4. The summed E-state index contributed by atoms with van der Waals surface area (Å²) in [4.78, 5) is 12.7. The lowest BCUT2D eigenvalue weighted by molar-refractivity contribution is -0.0154. The van der Waals surface area contributed by atoms with Gasteiger partial charge in [0.25, 0.3) is 0 Å². The molecule has 0 saturated heterocycles. The molecule has 1 aromatic carbocycles. The van der Waals surface area contributed by atoms with Gasteiger partial charge in [-0.2, -0.15) is 0 Å². The Kier molecular flexibility index (Phi) is 7.51. The second kappa shape index (κ2) is 10.4. The predicted molar refractivity (Wildman–Crippen MR) is 153 cm³/mol. The highest BCUT2D eigenvalue weighted by atomic mass is 16.5. The molecule has 37 heavy (non-hydrogen) atoms. The zero-order valence-corrected chi connectivity index (χ0v) is 24.3. The monoisotopic (exact) mass is 502 g/mol. The van der Waals surface area contributed by atoms with E-state index in [1.54, 1.807) is 0 Å². The molecule has 2 nitrogen and oxygen atoms in total. The average Bonchev–Trinajstić information content (AvgIpc) is 3.25. The van der Waals surface area contributed by atoms with Crippen LogP contribution in [0, 0.1) is 46.3 Å². The summed E-state index contributed by atoms with van der Waals surface area (Å²) in [6.07, 6.45) is 16.3. The molecule has 0 aliphatic heterocycles. The van der Waals surface area contributed by atoms with E-state index in [-0.39, 0.29) is 12.1 Å². The number of carbonyl (C=O) groups excluding carboxylic acids is 1. The summed E-state index contributed by atoms with van der Waals surface area (Å²) in [5.41, 5.74) is 5.13. The van der Waals surface area contributed by atoms with Crippen molar-refractivity contribution in [2.45, 2.75) is 105 Å². The number of ether oxygens (including phenoxy) is 1. The fourth-order valence-electron chi connectivity index (χ4n) is 8.93. The molecule has 0 aromatic heterocycles. The summed E-state index contributed by atoms with van der Waals surface area (Å²) >= 11 is 0. The number of carbonyl (C=O) groups is 1. The first kappa shape index (κ1) is 26.8. The van der Waals surface area contributed by atoms with Gasteiger partial charge >= 0.3 is 5.97 Å². The lowest BCUT2D eigenvalue weighted by Crippen LogP contribution is -2.46. The fraction of sp³-hybridized carbons (Fsp3) is 0.686. The van der Waals surface area contributed by atoms with Gasteiger partial charge in [-0.05, 0) is 116 Å². The highest BCUT2D eigenvalue weighted by molar-refractivity contribution is 5.89. The van der Waals surface area contributed by atoms with Crippen molar-refractivity contribution < 1.29 is 9.53 Å². The van der Waals surface area contributed by atoms with Crippen LogP contribution in [0.3, 0.4) is 0 Å². The van der Waals surface area contributed by atoms with E-state index in [2.05, 4.69) is 53.7 Å². The quantitative estimate of drug-likeness (QED) is 0.286. The molecule has 2 saturated carbocycles. The molecular formula is C35H50O2. The molecule has 0 unspecified atom stereocenters. The van der Waals surface area contributed by atoms with Crippen molar-refractivity contribution in [1.82, 2.24) is 0 Å². The molecule has 4 aliphatic carbocycles. The molecule has 8 atom stereocenters. The third kappa shape index (κ3) is 4.87. The second-order valence-corrected chi connectivity index (χ2v) is 13.9. The molecule has 4 aliphatic rings. The van der Waals surface area contributed by atoms with Gasteiger partial charge in [-0.3, -0.25) is 0 Å². The Labute approximate surface area is 226 Å². The van der Waals surface area contributed by atoms with Gasteiger partial charge in [0.05, 0.1) is 5.56 Å². The number of benzene rings is 1. The Morgan fingerprint density at radius 3 is 2.43 bits per heavy atom. The molecule has 0 amide bonds. The molecule has 0 spiro atoms.